The van der Waals surface area contributed by atoms with Crippen LogP contribution in [0.5, 0.6) is 0 Å². The lowest BCUT2D eigenvalue weighted by Crippen LogP contribution is -2.46. The van der Waals surface area contributed by atoms with Crippen molar-refractivity contribution >= 4 is 102 Å². The summed E-state index contributed by atoms with van der Waals surface area (Å²) < 4.78 is 0. The van der Waals surface area contributed by atoms with E-state index in [9.17, 15) is 33.9 Å². The Hall–Kier alpha value is -6.27. The number of rotatable bonds is 16. The molecule has 3 N–H and O–H groups in total. The molecule has 1 aliphatic heterocycles. The number of fused-ring (bicyclic) bond motifs is 3. The van der Waals surface area contributed by atoms with E-state index in [1.54, 1.807) is 42.4 Å². The van der Waals surface area contributed by atoms with Crippen molar-refractivity contribution in [3.05, 3.63) is 101 Å². The molecule has 1 aliphatic rings. The molecule has 0 radical (unpaired) electrons. The lowest BCUT2D eigenvalue weighted by atomic mass is 9.82. The quantitative estimate of drug-likeness (QED) is 0.0286. The Morgan fingerprint density at radius 1 is 0.803 bits per heavy atom. The van der Waals surface area contributed by atoms with E-state index in [0.717, 1.165) is 62.5 Å². The van der Waals surface area contributed by atoms with Crippen molar-refractivity contribution in [1.82, 2.24) is 20.1 Å². The monoisotopic (exact) mass is 836 g/mol. The Morgan fingerprint density at radius 3 is 2.11 bits per heavy atom. The lowest BCUT2D eigenvalue weighted by Gasteiger charge is -2.33. The smallest absolute Gasteiger partial charge is 0.326 e. The summed E-state index contributed by atoms with van der Waals surface area (Å²) in [5.41, 5.74) is 3.25. The molecule has 312 valence electrons. The second-order valence-electron chi connectivity index (χ2n) is 15.9. The van der Waals surface area contributed by atoms with Gasteiger partial charge >= 0.3 is 5.97 Å². The third kappa shape index (κ3) is 6.86. The Morgan fingerprint density at radius 2 is 1.46 bits per heavy atom. The van der Waals surface area contributed by atoms with E-state index in [-0.39, 0.29) is 48.4 Å². The standard InChI is InChI=1S/C49H48N4O7S/c1-6-28(7-2)52(5)46(56)34-17-15-32-31-14-18-35-43-36(48(58)53(47(35)57)29(8-3)9-4)19-16-33(42(31)43)44-39(23-27(25-54)41(34)45(32)44)61-21-20-40(55)51-38(49(59)60)22-26-24-50-37-13-11-10-12-30(26)37/h10-19,23-25,28-29,38,50H,6-9,20-22H2,1-5H3,(H,51,55)(H,59,60). The minimum absolute atomic E-state index is 0.00939. The summed E-state index contributed by atoms with van der Waals surface area (Å²) >= 11 is 1.35. The number of thioether (sulfide) groups is 1. The van der Waals surface area contributed by atoms with E-state index in [2.05, 4.69) is 10.3 Å². The van der Waals surface area contributed by atoms with E-state index in [0.29, 0.717) is 56.1 Å². The van der Waals surface area contributed by atoms with E-state index >= 15 is 0 Å². The molecule has 8 rings (SSSR count). The molecular formula is C49H48N4O7S. The minimum atomic E-state index is -1.15. The molecule has 11 nitrogen and oxygen atoms in total. The first-order chi connectivity index (χ1) is 29.5. The molecule has 0 spiro atoms. The predicted molar refractivity (Wildman–Crippen MR) is 241 cm³/mol. The first-order valence-electron chi connectivity index (χ1n) is 21.0. The number of aliphatic carboxylic acids is 1. The van der Waals surface area contributed by atoms with Gasteiger partial charge < -0.3 is 20.3 Å². The summed E-state index contributed by atoms with van der Waals surface area (Å²) in [7, 11) is 1.79. The highest BCUT2D eigenvalue weighted by molar-refractivity contribution is 7.99. The molecule has 0 bridgehead atoms. The molecule has 1 unspecified atom stereocenters. The summed E-state index contributed by atoms with van der Waals surface area (Å²) in [5, 5.41) is 19.2. The van der Waals surface area contributed by atoms with Crippen LogP contribution in [0.4, 0.5) is 0 Å². The van der Waals surface area contributed by atoms with Crippen molar-refractivity contribution in [1.29, 1.82) is 0 Å². The molecule has 12 heteroatoms. The Kier molecular flexibility index (Phi) is 11.3. The van der Waals surface area contributed by atoms with Gasteiger partial charge in [-0.3, -0.25) is 28.9 Å². The molecule has 0 saturated carbocycles. The minimum Gasteiger partial charge on any atom is -0.480 e. The molecule has 2 heterocycles. The van der Waals surface area contributed by atoms with Crippen LogP contribution in [0.3, 0.4) is 0 Å². The SMILES string of the molecule is CCC(CC)N(C)C(=O)c1ccc2c3ccc4c5c(ccc(c6c(SCCC(=O)NC(Cc7c[nH]c8ccccc78)C(=O)O)cc(C=O)c1c26)c53)C(=O)N(C(CC)CC)C4=O. The number of carbonyl (C=O) groups is 6. The van der Waals surface area contributed by atoms with Gasteiger partial charge in [0.1, 0.15) is 6.04 Å². The van der Waals surface area contributed by atoms with Crippen LogP contribution in [0, 0.1) is 0 Å². The number of carboxylic acids is 1. The van der Waals surface area contributed by atoms with Gasteiger partial charge in [-0.1, -0.05) is 64.1 Å². The van der Waals surface area contributed by atoms with Crippen LogP contribution >= 0.6 is 11.8 Å². The van der Waals surface area contributed by atoms with Gasteiger partial charge in [0.25, 0.3) is 17.7 Å². The van der Waals surface area contributed by atoms with Crippen LogP contribution in [0.2, 0.25) is 0 Å². The highest BCUT2D eigenvalue weighted by atomic mass is 32.2. The number of aromatic amines is 1. The summed E-state index contributed by atoms with van der Waals surface area (Å²) in [6.45, 7) is 8.01. The fourth-order valence-corrected chi connectivity index (χ4v) is 10.6. The van der Waals surface area contributed by atoms with Crippen molar-refractivity contribution in [3.63, 3.8) is 0 Å². The topological polar surface area (TPSA) is 157 Å². The molecule has 7 aromatic rings. The predicted octanol–water partition coefficient (Wildman–Crippen LogP) is 9.37. The number of para-hydroxylation sites is 1. The van der Waals surface area contributed by atoms with Gasteiger partial charge in [-0.2, -0.15) is 0 Å². The highest BCUT2D eigenvalue weighted by Gasteiger charge is 2.38. The maximum Gasteiger partial charge on any atom is 0.326 e. The number of nitrogens with one attached hydrogen (secondary N) is 2. The van der Waals surface area contributed by atoms with Gasteiger partial charge in [0.15, 0.2) is 6.29 Å². The van der Waals surface area contributed by atoms with Crippen LogP contribution < -0.4 is 5.32 Å². The van der Waals surface area contributed by atoms with Crippen LogP contribution in [0.25, 0.3) is 54.0 Å². The van der Waals surface area contributed by atoms with Gasteiger partial charge in [0.2, 0.25) is 5.91 Å². The molecule has 0 aliphatic carbocycles. The Labute approximate surface area is 357 Å². The average molecular weight is 837 g/mol. The maximum absolute atomic E-state index is 14.4. The molecule has 0 fully saturated rings. The van der Waals surface area contributed by atoms with Crippen LogP contribution in [-0.4, -0.2) is 86.7 Å². The average Bonchev–Trinajstić information content (AvgIpc) is 3.68. The van der Waals surface area contributed by atoms with Gasteiger partial charge in [0, 0.05) is 104 Å². The normalized spacial score (nSPS) is 13.5. The second-order valence-corrected chi connectivity index (χ2v) is 17.0. The van der Waals surface area contributed by atoms with Crippen molar-refractivity contribution < 1.29 is 33.9 Å². The van der Waals surface area contributed by atoms with Crippen LogP contribution in [-0.2, 0) is 16.0 Å². The summed E-state index contributed by atoms with van der Waals surface area (Å²) in [5.74, 6) is -2.23. The van der Waals surface area contributed by atoms with Crippen molar-refractivity contribution in [2.24, 2.45) is 0 Å². The highest BCUT2D eigenvalue weighted by Crippen LogP contribution is 2.48. The summed E-state index contributed by atoms with van der Waals surface area (Å²) in [6.07, 6.45) is 5.38. The molecule has 6 aromatic carbocycles. The number of H-pyrrole nitrogens is 1. The first-order valence-corrected chi connectivity index (χ1v) is 22.0. The number of aldehydes is 1. The summed E-state index contributed by atoms with van der Waals surface area (Å²) in [4.78, 5) is 88.6. The molecule has 61 heavy (non-hydrogen) atoms. The molecule has 1 atom stereocenters. The zero-order valence-corrected chi connectivity index (χ0v) is 35.7. The molecule has 4 amide bonds. The number of hydrogen-bond acceptors (Lipinski definition) is 7. The van der Waals surface area contributed by atoms with Gasteiger partial charge in [-0.25, -0.2) is 4.79 Å². The van der Waals surface area contributed by atoms with Crippen LogP contribution in [0.15, 0.2) is 77.8 Å². The third-order valence-corrected chi connectivity index (χ3v) is 13.7. The Bertz CT molecular complexity index is 2910. The van der Waals surface area contributed by atoms with E-state index in [1.807, 2.05) is 70.2 Å². The Balaban J connectivity index is 1.25. The summed E-state index contributed by atoms with van der Waals surface area (Å²) in [6, 6.07) is 18.9. The number of carboxylic acid groups (broad SMARTS) is 1. The number of hydrogen-bond donors (Lipinski definition) is 3. The zero-order chi connectivity index (χ0) is 43.3. The fourth-order valence-electron chi connectivity index (χ4n) is 9.50. The maximum atomic E-state index is 14.4. The molecule has 1 aromatic heterocycles. The van der Waals surface area contributed by atoms with Crippen molar-refractivity contribution in [2.45, 2.75) is 89.2 Å². The lowest BCUT2D eigenvalue weighted by molar-refractivity contribution is -0.141. The van der Waals surface area contributed by atoms with Crippen molar-refractivity contribution in [3.8, 4) is 0 Å². The van der Waals surface area contributed by atoms with Crippen LogP contribution in [0.1, 0.15) is 107 Å². The number of benzene rings is 6. The largest absolute Gasteiger partial charge is 0.480 e. The molecule has 0 saturated heterocycles. The fraction of sp³-hybridized carbons (Fsp3) is 0.306. The second kappa shape index (κ2) is 16.6. The number of nitrogens with zero attached hydrogens (tertiary/aromatic N) is 2. The van der Waals surface area contributed by atoms with Crippen molar-refractivity contribution in [2.75, 3.05) is 12.8 Å². The van der Waals surface area contributed by atoms with E-state index in [1.165, 1.54) is 16.7 Å². The third-order valence-electron chi connectivity index (χ3n) is 12.7. The van der Waals surface area contributed by atoms with Gasteiger partial charge in [-0.15, -0.1) is 11.8 Å². The zero-order valence-electron chi connectivity index (χ0n) is 34.9. The number of carbonyl (C=O) groups excluding carboxylic acids is 5. The number of aromatic nitrogens is 1. The van der Waals surface area contributed by atoms with Gasteiger partial charge in [-0.05, 0) is 83.1 Å². The molecular weight excluding hydrogens is 789 g/mol. The van der Waals surface area contributed by atoms with E-state index in [4.69, 9.17) is 0 Å². The number of amides is 4. The van der Waals surface area contributed by atoms with E-state index < -0.39 is 17.9 Å². The first kappa shape index (κ1) is 41.5. The van der Waals surface area contributed by atoms with Gasteiger partial charge in [0.05, 0.1) is 0 Å². The number of imide groups is 1.